The fourth-order valence-corrected chi connectivity index (χ4v) is 2.60. The second-order valence-corrected chi connectivity index (χ2v) is 5.87. The van der Waals surface area contributed by atoms with E-state index in [4.69, 9.17) is 0 Å². The van der Waals surface area contributed by atoms with Crippen molar-refractivity contribution in [2.75, 3.05) is 0 Å². The number of nitrogens with one attached hydrogen (secondary N) is 1. The molecule has 0 aliphatic carbocycles. The summed E-state index contributed by atoms with van der Waals surface area (Å²) >= 11 is 0. The first-order chi connectivity index (χ1) is 13.3. The zero-order valence-electron chi connectivity index (χ0n) is 14.3. The molecule has 8 nitrogen and oxygen atoms in total. The lowest BCUT2D eigenvalue weighted by molar-refractivity contribution is -0.146. The number of aromatic nitrogens is 6. The van der Waals surface area contributed by atoms with Crippen LogP contribution in [0.3, 0.4) is 0 Å². The maximum Gasteiger partial charge on any atom is 0.453 e. The van der Waals surface area contributed by atoms with Crippen LogP contribution in [0.5, 0.6) is 0 Å². The van der Waals surface area contributed by atoms with Gasteiger partial charge in [0.15, 0.2) is 11.5 Å². The van der Waals surface area contributed by atoms with E-state index in [1.54, 1.807) is 19.1 Å². The van der Waals surface area contributed by atoms with Gasteiger partial charge in [0.2, 0.25) is 0 Å². The molecule has 1 aromatic carbocycles. The fourth-order valence-electron chi connectivity index (χ4n) is 2.60. The van der Waals surface area contributed by atoms with Crippen LogP contribution < -0.4 is 5.56 Å². The van der Waals surface area contributed by atoms with Gasteiger partial charge in [0.1, 0.15) is 0 Å². The van der Waals surface area contributed by atoms with E-state index < -0.39 is 17.6 Å². The van der Waals surface area contributed by atoms with E-state index in [1.807, 2.05) is 18.2 Å². The van der Waals surface area contributed by atoms with Crippen LogP contribution in [-0.2, 0) is 6.18 Å². The molecule has 0 aliphatic heterocycles. The summed E-state index contributed by atoms with van der Waals surface area (Å²) in [5, 5.41) is 13.2. The third kappa shape index (κ3) is 3.06. The molecule has 28 heavy (non-hydrogen) atoms. The van der Waals surface area contributed by atoms with Crippen molar-refractivity contribution in [3.05, 3.63) is 69.9 Å². The van der Waals surface area contributed by atoms with E-state index in [1.165, 1.54) is 18.3 Å². The summed E-state index contributed by atoms with van der Waals surface area (Å²) in [5.41, 5.74) is 0.841. The van der Waals surface area contributed by atoms with Crippen LogP contribution in [-0.4, -0.2) is 35.8 Å². The van der Waals surface area contributed by atoms with Crippen molar-refractivity contribution < 1.29 is 13.2 Å². The Morgan fingerprint density at radius 1 is 1.11 bits per heavy atom. The maximum atomic E-state index is 13.0. The third-order valence-electron chi connectivity index (χ3n) is 3.95. The molecule has 0 fully saturated rings. The molecule has 0 bridgehead atoms. The number of aliphatic imine (C=N–C) groups is 1. The van der Waals surface area contributed by atoms with Crippen LogP contribution in [0.15, 0.2) is 52.3 Å². The van der Waals surface area contributed by atoms with Crippen LogP contribution in [0.2, 0.25) is 0 Å². The summed E-state index contributed by atoms with van der Waals surface area (Å²) < 4.78 is 40.7. The molecule has 11 heteroatoms. The Morgan fingerprint density at radius 2 is 1.86 bits per heavy atom. The van der Waals surface area contributed by atoms with Crippen molar-refractivity contribution >= 4 is 17.5 Å². The van der Waals surface area contributed by atoms with E-state index in [0.29, 0.717) is 15.9 Å². The number of para-hydroxylation sites is 1. The van der Waals surface area contributed by atoms with E-state index >= 15 is 0 Å². The average molecular weight is 387 g/mol. The first-order valence-electron chi connectivity index (χ1n) is 8.05. The van der Waals surface area contributed by atoms with Gasteiger partial charge in [0.05, 0.1) is 11.3 Å². The second-order valence-electron chi connectivity index (χ2n) is 5.87. The Morgan fingerprint density at radius 3 is 2.57 bits per heavy atom. The smallest absolute Gasteiger partial charge is 0.293 e. The van der Waals surface area contributed by atoms with Gasteiger partial charge in [0.25, 0.3) is 11.4 Å². The monoisotopic (exact) mass is 387 g/mol. The summed E-state index contributed by atoms with van der Waals surface area (Å²) in [6.07, 6.45) is -3.33. The number of hydrogen-bond acceptors (Lipinski definition) is 5. The summed E-state index contributed by atoms with van der Waals surface area (Å²) in [4.78, 5) is 16.9. The highest BCUT2D eigenvalue weighted by Crippen LogP contribution is 2.27. The van der Waals surface area contributed by atoms with Gasteiger partial charge in [-0.25, -0.2) is 0 Å². The van der Waals surface area contributed by atoms with Crippen molar-refractivity contribution in [3.63, 3.8) is 0 Å². The number of H-pyrrole nitrogens is 1. The molecular formula is C17H12F3N7O. The highest BCUT2D eigenvalue weighted by Gasteiger charge is 2.37. The fraction of sp³-hybridized carbons (Fsp3) is 0.118. The number of aryl methyl sites for hydroxylation is 1. The average Bonchev–Trinajstić information content (AvgIpc) is 3.21. The molecule has 142 valence electrons. The van der Waals surface area contributed by atoms with E-state index in [2.05, 4.69) is 25.4 Å². The lowest BCUT2D eigenvalue weighted by Crippen LogP contribution is -2.20. The minimum absolute atomic E-state index is 0.0368. The molecule has 0 atom stereocenters. The zero-order valence-corrected chi connectivity index (χ0v) is 14.3. The van der Waals surface area contributed by atoms with Crippen LogP contribution in [0.4, 0.5) is 18.9 Å². The molecule has 4 rings (SSSR count). The Labute approximate surface area is 155 Å². The van der Waals surface area contributed by atoms with Crippen molar-refractivity contribution in [2.24, 2.45) is 4.99 Å². The van der Waals surface area contributed by atoms with Gasteiger partial charge in [0, 0.05) is 11.9 Å². The molecular weight excluding hydrogens is 375 g/mol. The van der Waals surface area contributed by atoms with Gasteiger partial charge in [-0.05, 0) is 31.2 Å². The van der Waals surface area contributed by atoms with Crippen LogP contribution in [0.1, 0.15) is 17.1 Å². The minimum Gasteiger partial charge on any atom is -0.293 e. The molecule has 0 aliphatic rings. The van der Waals surface area contributed by atoms with Gasteiger partial charge >= 0.3 is 6.18 Å². The number of fused-ring (bicyclic) bond motifs is 1. The molecule has 0 amide bonds. The molecule has 0 saturated carbocycles. The van der Waals surface area contributed by atoms with Gasteiger partial charge < -0.3 is 0 Å². The maximum absolute atomic E-state index is 13.0. The zero-order chi connectivity index (χ0) is 19.9. The third-order valence-corrected chi connectivity index (χ3v) is 3.95. The minimum atomic E-state index is -4.73. The Kier molecular flexibility index (Phi) is 4.06. The molecule has 1 N–H and O–H groups in total. The van der Waals surface area contributed by atoms with Crippen molar-refractivity contribution in [3.8, 4) is 5.82 Å². The number of rotatable bonds is 3. The Bertz CT molecular complexity index is 1240. The number of halogens is 3. The number of benzene rings is 1. The topological polar surface area (TPSA) is 93.2 Å². The number of alkyl halides is 3. The van der Waals surface area contributed by atoms with Crippen molar-refractivity contribution in [1.82, 2.24) is 29.6 Å². The Hall–Kier alpha value is -3.76. The SMILES string of the molecule is Cc1[nH]n(-c2ccc3nnc(C(F)(F)F)n3n2)c(=O)c1C=Nc1ccccc1. The molecule has 0 radical (unpaired) electrons. The lowest BCUT2D eigenvalue weighted by atomic mass is 10.3. The van der Waals surface area contributed by atoms with Crippen molar-refractivity contribution in [1.29, 1.82) is 0 Å². The quantitative estimate of drug-likeness (QED) is 0.547. The predicted octanol–water partition coefficient (Wildman–Crippen LogP) is 2.68. The highest BCUT2D eigenvalue weighted by atomic mass is 19.4. The molecule has 3 aromatic heterocycles. The van der Waals surface area contributed by atoms with Gasteiger partial charge in [-0.2, -0.15) is 22.4 Å². The molecule has 4 aromatic rings. The van der Waals surface area contributed by atoms with Crippen molar-refractivity contribution in [2.45, 2.75) is 13.1 Å². The molecule has 0 unspecified atom stereocenters. The Balaban J connectivity index is 1.78. The van der Waals surface area contributed by atoms with Gasteiger partial charge in [-0.1, -0.05) is 18.2 Å². The summed E-state index contributed by atoms with van der Waals surface area (Å²) in [6.45, 7) is 1.66. The first kappa shape index (κ1) is 17.6. The molecule has 0 saturated heterocycles. The van der Waals surface area contributed by atoms with Gasteiger partial charge in [-0.3, -0.25) is 14.9 Å². The summed E-state index contributed by atoms with van der Waals surface area (Å²) in [7, 11) is 0. The molecule has 3 heterocycles. The summed E-state index contributed by atoms with van der Waals surface area (Å²) in [6, 6.07) is 11.7. The summed E-state index contributed by atoms with van der Waals surface area (Å²) in [5.74, 6) is -1.31. The number of aromatic amines is 1. The normalized spacial score (nSPS) is 12.3. The second kappa shape index (κ2) is 6.44. The predicted molar refractivity (Wildman–Crippen MR) is 94.2 cm³/mol. The number of nitrogens with zero attached hydrogens (tertiary/aromatic N) is 6. The van der Waals surface area contributed by atoms with Crippen LogP contribution in [0, 0.1) is 6.92 Å². The lowest BCUT2D eigenvalue weighted by Gasteiger charge is -2.05. The largest absolute Gasteiger partial charge is 0.453 e. The van der Waals surface area contributed by atoms with Gasteiger partial charge in [-0.15, -0.1) is 15.3 Å². The molecule has 0 spiro atoms. The van der Waals surface area contributed by atoms with E-state index in [-0.39, 0.29) is 17.0 Å². The van der Waals surface area contributed by atoms with E-state index in [9.17, 15) is 18.0 Å². The standard InChI is InChI=1S/C17H12F3N7O/c1-10-12(9-21-11-5-3-2-4-6-11)15(28)26(24-10)14-8-7-13-22-23-16(17(18,19)20)27(13)25-14/h2-9,24H,1H3. The first-order valence-corrected chi connectivity index (χ1v) is 8.05. The van der Waals surface area contributed by atoms with Crippen LogP contribution >= 0.6 is 0 Å². The van der Waals surface area contributed by atoms with E-state index in [0.717, 1.165) is 4.68 Å². The highest BCUT2D eigenvalue weighted by molar-refractivity contribution is 5.82. The van der Waals surface area contributed by atoms with Crippen LogP contribution in [0.25, 0.3) is 11.5 Å². The number of hydrogen-bond donors (Lipinski definition) is 1.